The molecule has 1 nitrogen and oxygen atoms in total. The number of ketones is 1. The summed E-state index contributed by atoms with van der Waals surface area (Å²) in [6, 6.07) is 27.3. The Bertz CT molecular complexity index is 888. The quantitative estimate of drug-likeness (QED) is 0.404. The molecule has 0 aliphatic carbocycles. The van der Waals surface area contributed by atoms with E-state index in [1.165, 1.54) is 0 Å². The predicted octanol–water partition coefficient (Wildman–Crippen LogP) is 5.86. The monoisotopic (exact) mass is 388 g/mol. The van der Waals surface area contributed by atoms with Gasteiger partial charge in [-0.15, -0.1) is 0 Å². The Balaban J connectivity index is 1.88. The van der Waals surface area contributed by atoms with Crippen LogP contribution in [0, 0.1) is 11.8 Å². The summed E-state index contributed by atoms with van der Waals surface area (Å²) in [6.07, 6.45) is 0.367. The number of rotatable bonds is 4. The fourth-order valence-corrected chi connectivity index (χ4v) is 2.83. The number of Topliss-reactive ketones (excluding diaryl/α,β-unsaturated/α-hetero) is 1. The molecule has 0 spiro atoms. The van der Waals surface area contributed by atoms with Crippen molar-refractivity contribution in [1.29, 1.82) is 0 Å². The Hall–Kier alpha value is -2.63. The SMILES string of the molecule is O=C(CC(C#Cc1ccccc1)c1ccc(Br)cc1)c1ccccc1. The average molecular weight is 389 g/mol. The Morgan fingerprint density at radius 3 is 2.08 bits per heavy atom. The van der Waals surface area contributed by atoms with Gasteiger partial charge in [0.1, 0.15) is 0 Å². The first kappa shape index (κ1) is 17.2. The first-order valence-electron chi connectivity index (χ1n) is 8.12. The van der Waals surface area contributed by atoms with Crippen LogP contribution in [0.5, 0.6) is 0 Å². The zero-order chi connectivity index (χ0) is 17.5. The Morgan fingerprint density at radius 2 is 1.44 bits per heavy atom. The van der Waals surface area contributed by atoms with Gasteiger partial charge in [-0.1, -0.05) is 88.4 Å². The van der Waals surface area contributed by atoms with E-state index < -0.39 is 0 Å². The summed E-state index contributed by atoms with van der Waals surface area (Å²) in [5, 5.41) is 0. The summed E-state index contributed by atoms with van der Waals surface area (Å²) in [5.74, 6) is 6.46. The van der Waals surface area contributed by atoms with Crippen LogP contribution in [0.4, 0.5) is 0 Å². The highest BCUT2D eigenvalue weighted by atomic mass is 79.9. The van der Waals surface area contributed by atoms with E-state index in [9.17, 15) is 4.79 Å². The second kappa shape index (κ2) is 8.46. The summed E-state index contributed by atoms with van der Waals surface area (Å²) in [6.45, 7) is 0. The van der Waals surface area contributed by atoms with Crippen LogP contribution in [-0.2, 0) is 0 Å². The zero-order valence-corrected chi connectivity index (χ0v) is 15.2. The molecule has 2 heteroatoms. The van der Waals surface area contributed by atoms with Gasteiger partial charge in [0.15, 0.2) is 5.78 Å². The third-order valence-electron chi connectivity index (χ3n) is 3.92. The van der Waals surface area contributed by atoms with Gasteiger partial charge in [0.05, 0.1) is 5.92 Å². The van der Waals surface area contributed by atoms with Crippen LogP contribution in [0.3, 0.4) is 0 Å². The number of benzene rings is 3. The van der Waals surface area contributed by atoms with E-state index in [1.807, 2.05) is 84.9 Å². The van der Waals surface area contributed by atoms with Crippen molar-refractivity contribution >= 4 is 21.7 Å². The molecule has 3 rings (SSSR count). The van der Waals surface area contributed by atoms with Crippen molar-refractivity contribution in [3.05, 3.63) is 106 Å². The normalized spacial score (nSPS) is 11.2. The summed E-state index contributed by atoms with van der Waals surface area (Å²) in [5.41, 5.74) is 2.74. The molecule has 1 atom stereocenters. The largest absolute Gasteiger partial charge is 0.294 e. The van der Waals surface area contributed by atoms with E-state index in [0.29, 0.717) is 6.42 Å². The van der Waals surface area contributed by atoms with Crippen LogP contribution in [0.25, 0.3) is 0 Å². The van der Waals surface area contributed by atoms with E-state index in [4.69, 9.17) is 0 Å². The molecule has 0 saturated heterocycles. The minimum Gasteiger partial charge on any atom is -0.294 e. The number of hydrogen-bond acceptors (Lipinski definition) is 1. The molecule has 25 heavy (non-hydrogen) atoms. The number of carbonyl (C=O) groups is 1. The summed E-state index contributed by atoms with van der Waals surface area (Å²) in [7, 11) is 0. The number of hydrogen-bond donors (Lipinski definition) is 0. The third-order valence-corrected chi connectivity index (χ3v) is 4.45. The van der Waals surface area contributed by atoms with Crippen molar-refractivity contribution in [3.8, 4) is 11.8 Å². The second-order valence-electron chi connectivity index (χ2n) is 5.73. The molecule has 0 aliphatic heterocycles. The summed E-state index contributed by atoms with van der Waals surface area (Å²) in [4.78, 5) is 12.6. The van der Waals surface area contributed by atoms with Crippen LogP contribution in [0.2, 0.25) is 0 Å². The topological polar surface area (TPSA) is 17.1 Å². The molecule has 0 amide bonds. The van der Waals surface area contributed by atoms with Crippen molar-refractivity contribution < 1.29 is 4.79 Å². The van der Waals surface area contributed by atoms with Crippen LogP contribution >= 0.6 is 15.9 Å². The van der Waals surface area contributed by atoms with Crippen molar-refractivity contribution in [1.82, 2.24) is 0 Å². The lowest BCUT2D eigenvalue weighted by atomic mass is 9.92. The van der Waals surface area contributed by atoms with Gasteiger partial charge in [0.25, 0.3) is 0 Å². The van der Waals surface area contributed by atoms with Crippen molar-refractivity contribution in [2.45, 2.75) is 12.3 Å². The predicted molar refractivity (Wildman–Crippen MR) is 106 cm³/mol. The fourth-order valence-electron chi connectivity index (χ4n) is 2.57. The molecule has 122 valence electrons. The maximum atomic E-state index is 12.6. The number of carbonyl (C=O) groups excluding carboxylic acids is 1. The van der Waals surface area contributed by atoms with Gasteiger partial charge >= 0.3 is 0 Å². The standard InChI is InChI=1S/C23H17BrO/c24-22-15-13-19(14-16-22)21(12-11-18-7-3-1-4-8-18)17-23(25)20-9-5-2-6-10-20/h1-10,13-16,21H,17H2. The highest BCUT2D eigenvalue weighted by Crippen LogP contribution is 2.23. The molecule has 1 unspecified atom stereocenters. The lowest BCUT2D eigenvalue weighted by Crippen LogP contribution is -2.06. The molecule has 0 aliphatic rings. The van der Waals surface area contributed by atoms with Crippen LogP contribution in [0.15, 0.2) is 89.4 Å². The second-order valence-corrected chi connectivity index (χ2v) is 6.65. The molecule has 0 saturated carbocycles. The molecular weight excluding hydrogens is 372 g/mol. The maximum Gasteiger partial charge on any atom is 0.164 e. The van der Waals surface area contributed by atoms with Crippen LogP contribution in [-0.4, -0.2) is 5.78 Å². The molecule has 3 aromatic carbocycles. The van der Waals surface area contributed by atoms with E-state index in [0.717, 1.165) is 21.2 Å². The van der Waals surface area contributed by atoms with Gasteiger partial charge in [-0.3, -0.25) is 4.79 Å². The highest BCUT2D eigenvalue weighted by molar-refractivity contribution is 9.10. The van der Waals surface area contributed by atoms with Gasteiger partial charge in [0.2, 0.25) is 0 Å². The van der Waals surface area contributed by atoms with E-state index in [-0.39, 0.29) is 11.7 Å². The minimum atomic E-state index is -0.138. The molecule has 3 aromatic rings. The average Bonchev–Trinajstić information content (AvgIpc) is 2.67. The molecule has 0 N–H and O–H groups in total. The fraction of sp³-hybridized carbons (Fsp3) is 0.0870. The van der Waals surface area contributed by atoms with Crippen molar-refractivity contribution in [3.63, 3.8) is 0 Å². The van der Waals surface area contributed by atoms with Gasteiger partial charge in [-0.05, 0) is 29.8 Å². The molecule has 0 aromatic heterocycles. The molecule has 0 heterocycles. The number of halogens is 1. The first-order chi connectivity index (χ1) is 12.2. The van der Waals surface area contributed by atoms with Gasteiger partial charge < -0.3 is 0 Å². The van der Waals surface area contributed by atoms with Crippen LogP contribution < -0.4 is 0 Å². The Labute approximate surface area is 156 Å². The van der Waals surface area contributed by atoms with Gasteiger partial charge in [-0.25, -0.2) is 0 Å². The third kappa shape index (κ3) is 4.92. The molecule has 0 fully saturated rings. The van der Waals surface area contributed by atoms with Crippen LogP contribution in [0.1, 0.15) is 33.8 Å². The van der Waals surface area contributed by atoms with Gasteiger partial charge in [0, 0.05) is 22.0 Å². The lowest BCUT2D eigenvalue weighted by Gasteiger charge is -2.11. The molecular formula is C23H17BrO. The van der Waals surface area contributed by atoms with E-state index >= 15 is 0 Å². The Morgan fingerprint density at radius 1 is 0.840 bits per heavy atom. The lowest BCUT2D eigenvalue weighted by molar-refractivity contribution is 0.0979. The minimum absolute atomic E-state index is 0.107. The Kier molecular flexibility index (Phi) is 5.82. The summed E-state index contributed by atoms with van der Waals surface area (Å²) < 4.78 is 1.01. The van der Waals surface area contributed by atoms with Gasteiger partial charge in [-0.2, -0.15) is 0 Å². The van der Waals surface area contributed by atoms with E-state index in [1.54, 1.807) is 0 Å². The molecule has 0 bridgehead atoms. The summed E-state index contributed by atoms with van der Waals surface area (Å²) >= 11 is 3.45. The smallest absolute Gasteiger partial charge is 0.164 e. The van der Waals surface area contributed by atoms with Crippen molar-refractivity contribution in [2.75, 3.05) is 0 Å². The first-order valence-corrected chi connectivity index (χ1v) is 8.92. The highest BCUT2D eigenvalue weighted by Gasteiger charge is 2.15. The zero-order valence-electron chi connectivity index (χ0n) is 13.7. The molecule has 0 radical (unpaired) electrons. The maximum absolute atomic E-state index is 12.6. The van der Waals surface area contributed by atoms with E-state index in [2.05, 4.69) is 27.8 Å². The van der Waals surface area contributed by atoms with Crippen molar-refractivity contribution in [2.24, 2.45) is 0 Å².